The zero-order valence-electron chi connectivity index (χ0n) is 21.4. The second kappa shape index (κ2) is 11.7. The van der Waals surface area contributed by atoms with Crippen LogP contribution in [0.2, 0.25) is 0 Å². The van der Waals surface area contributed by atoms with Gasteiger partial charge in [-0.1, -0.05) is 52.0 Å². The van der Waals surface area contributed by atoms with Crippen LogP contribution in [0.25, 0.3) is 11.1 Å². The van der Waals surface area contributed by atoms with Crippen molar-refractivity contribution in [2.24, 2.45) is 0 Å². The van der Waals surface area contributed by atoms with Gasteiger partial charge in [-0.15, -0.1) is 0 Å². The van der Waals surface area contributed by atoms with Gasteiger partial charge in [0.1, 0.15) is 11.5 Å². The Bertz CT molecular complexity index is 1190. The molecule has 2 aromatic rings. The SMILES string of the molecule is CCC(CC)(P(=O)(O)O)P(=O)(O)Oc1ccc(-c2ccc(OP(=O)(O)C(CC)(CC)P(=O)(O)O)cc2)cc1. The molecule has 0 aliphatic rings. The first kappa shape index (κ1) is 32.9. The van der Waals surface area contributed by atoms with Crippen molar-refractivity contribution in [3.63, 3.8) is 0 Å². The van der Waals surface area contributed by atoms with Crippen LogP contribution in [0.1, 0.15) is 53.4 Å². The van der Waals surface area contributed by atoms with E-state index < -0.39 is 40.2 Å². The molecule has 16 heteroatoms. The molecule has 0 spiro atoms. The zero-order valence-corrected chi connectivity index (χ0v) is 24.9. The molecule has 0 bridgehead atoms. The van der Waals surface area contributed by atoms with Gasteiger partial charge in [-0.3, -0.25) is 9.13 Å². The van der Waals surface area contributed by atoms with E-state index >= 15 is 0 Å². The third-order valence-corrected chi connectivity index (χ3v) is 17.7. The molecule has 2 unspecified atom stereocenters. The molecule has 0 heterocycles. The van der Waals surface area contributed by atoms with Crippen molar-refractivity contribution < 1.29 is 56.7 Å². The summed E-state index contributed by atoms with van der Waals surface area (Å²) in [6.45, 7) is 5.60. The molecule has 214 valence electrons. The number of benzene rings is 2. The molecule has 0 amide bonds. The van der Waals surface area contributed by atoms with Gasteiger partial charge in [0.25, 0.3) is 0 Å². The van der Waals surface area contributed by atoms with Gasteiger partial charge in [0.05, 0.1) is 0 Å². The predicted molar refractivity (Wildman–Crippen MR) is 143 cm³/mol. The van der Waals surface area contributed by atoms with Crippen LogP contribution >= 0.6 is 30.4 Å². The molecule has 2 aromatic carbocycles. The molecule has 6 N–H and O–H groups in total. The number of rotatable bonds is 13. The summed E-state index contributed by atoms with van der Waals surface area (Å²) < 4.78 is 60.3. The molecule has 0 fully saturated rings. The van der Waals surface area contributed by atoms with E-state index in [9.17, 15) is 47.6 Å². The van der Waals surface area contributed by atoms with E-state index in [2.05, 4.69) is 0 Å². The molecule has 0 radical (unpaired) electrons. The van der Waals surface area contributed by atoms with Gasteiger partial charge in [-0.2, -0.15) is 0 Å². The van der Waals surface area contributed by atoms with Crippen molar-refractivity contribution in [3.8, 4) is 22.6 Å². The van der Waals surface area contributed by atoms with Crippen LogP contribution in [0, 0.1) is 0 Å². The minimum Gasteiger partial charge on any atom is -0.424 e. The lowest BCUT2D eigenvalue weighted by Gasteiger charge is -2.35. The molecule has 2 atom stereocenters. The normalized spacial score (nSPS) is 16.4. The van der Waals surface area contributed by atoms with E-state index in [0.29, 0.717) is 11.1 Å². The van der Waals surface area contributed by atoms with Gasteiger partial charge in [0.15, 0.2) is 9.79 Å². The van der Waals surface area contributed by atoms with Gasteiger partial charge < -0.3 is 38.4 Å². The minimum absolute atomic E-state index is 0.0756. The Morgan fingerprint density at radius 2 is 0.763 bits per heavy atom. The molecule has 0 saturated carbocycles. The first-order valence-corrected chi connectivity index (χ1v) is 18.1. The van der Waals surface area contributed by atoms with Crippen molar-refractivity contribution >= 4 is 30.4 Å². The standard InChI is InChI=1S/C22H34O12P4/c1-5-21(6-2,35(23,24)25)37(29,30)33-19-13-9-17(10-14-19)18-11-15-20(16-12-18)34-38(31,32)22(7-3,8-4)36(26,27)28/h9-16H,5-8H2,1-4H3,(H,29,30)(H,31,32)(H2,23,24,25)(H2,26,27,28). The molecule has 12 nitrogen and oxygen atoms in total. The quantitative estimate of drug-likeness (QED) is 0.146. The van der Waals surface area contributed by atoms with Crippen LogP contribution in [0.15, 0.2) is 48.5 Å². The van der Waals surface area contributed by atoms with E-state index in [-0.39, 0.29) is 37.2 Å². The summed E-state index contributed by atoms with van der Waals surface area (Å²) in [5.41, 5.74) is 1.20. The van der Waals surface area contributed by atoms with Crippen molar-refractivity contribution in [1.82, 2.24) is 0 Å². The highest BCUT2D eigenvalue weighted by Crippen LogP contribution is 2.74. The summed E-state index contributed by atoms with van der Waals surface area (Å²) in [6.07, 6.45) is -1.11. The first-order valence-electron chi connectivity index (χ1n) is 11.7. The highest BCUT2D eigenvalue weighted by Gasteiger charge is 2.61. The highest BCUT2D eigenvalue weighted by atomic mass is 31.2. The van der Waals surface area contributed by atoms with Gasteiger partial charge in [-0.05, 0) is 61.1 Å². The molecule has 0 aliphatic heterocycles. The summed E-state index contributed by atoms with van der Waals surface area (Å²) in [7, 11) is -19.6. The Morgan fingerprint density at radius 1 is 0.526 bits per heavy atom. The van der Waals surface area contributed by atoms with E-state index in [4.69, 9.17) is 9.05 Å². The van der Waals surface area contributed by atoms with Crippen LogP contribution in [-0.4, -0.2) is 39.2 Å². The summed E-state index contributed by atoms with van der Waals surface area (Å²) in [5.74, 6) is -0.151. The second-order valence-corrected chi connectivity index (χ2v) is 17.5. The lowest BCUT2D eigenvalue weighted by atomic mass is 10.1. The van der Waals surface area contributed by atoms with E-state index in [0.717, 1.165) is 0 Å². The van der Waals surface area contributed by atoms with Crippen LogP contribution in [0.3, 0.4) is 0 Å². The van der Waals surface area contributed by atoms with Gasteiger partial charge in [0, 0.05) is 0 Å². The Morgan fingerprint density at radius 3 is 0.947 bits per heavy atom. The van der Waals surface area contributed by atoms with Crippen LogP contribution < -0.4 is 9.05 Å². The monoisotopic (exact) mass is 614 g/mol. The maximum Gasteiger partial charge on any atom is 0.394 e. The minimum atomic E-state index is -5.00. The number of hydrogen-bond acceptors (Lipinski definition) is 6. The molecular weight excluding hydrogens is 580 g/mol. The van der Waals surface area contributed by atoms with Gasteiger partial charge in [-0.25, -0.2) is 9.13 Å². The largest absolute Gasteiger partial charge is 0.424 e. The van der Waals surface area contributed by atoms with Crippen LogP contribution in [0.4, 0.5) is 0 Å². The molecular formula is C22H34O12P4. The molecule has 2 rings (SSSR count). The maximum atomic E-state index is 12.9. The van der Waals surface area contributed by atoms with E-state index in [1.54, 1.807) is 0 Å². The molecule has 0 saturated heterocycles. The van der Waals surface area contributed by atoms with E-state index in [1.807, 2.05) is 0 Å². The van der Waals surface area contributed by atoms with Crippen molar-refractivity contribution in [3.05, 3.63) is 48.5 Å². The smallest absolute Gasteiger partial charge is 0.394 e. The lowest BCUT2D eigenvalue weighted by molar-refractivity contribution is 0.301. The second-order valence-electron chi connectivity index (χ2n) is 8.74. The fourth-order valence-corrected chi connectivity index (χ4v) is 11.6. The van der Waals surface area contributed by atoms with Gasteiger partial charge >= 0.3 is 30.4 Å². The fourth-order valence-electron chi connectivity index (χ4n) is 4.32. The summed E-state index contributed by atoms with van der Waals surface area (Å²) in [6, 6.07) is 11.6. The Labute approximate surface area is 221 Å². The van der Waals surface area contributed by atoms with Gasteiger partial charge in [0.2, 0.25) is 0 Å². The summed E-state index contributed by atoms with van der Waals surface area (Å²) in [5, 5.41) is 0. The average Bonchev–Trinajstić information content (AvgIpc) is 2.79. The van der Waals surface area contributed by atoms with Crippen molar-refractivity contribution in [1.29, 1.82) is 0 Å². The average molecular weight is 614 g/mol. The van der Waals surface area contributed by atoms with Crippen LogP contribution in [0.5, 0.6) is 11.5 Å². The van der Waals surface area contributed by atoms with E-state index in [1.165, 1.54) is 76.2 Å². The summed E-state index contributed by atoms with van der Waals surface area (Å²) in [4.78, 5) is 55.5. The van der Waals surface area contributed by atoms with Crippen molar-refractivity contribution in [2.75, 3.05) is 0 Å². The zero-order chi connectivity index (χ0) is 29.2. The maximum absolute atomic E-state index is 12.9. The predicted octanol–water partition coefficient (Wildman–Crippen LogP) is 5.87. The highest BCUT2D eigenvalue weighted by molar-refractivity contribution is 7.73. The third kappa shape index (κ3) is 6.06. The molecule has 0 aromatic heterocycles. The lowest BCUT2D eigenvalue weighted by Crippen LogP contribution is -2.29. The number of hydrogen-bond donors (Lipinski definition) is 6. The fraction of sp³-hybridized carbons (Fsp3) is 0.455. The topological polar surface area (TPSA) is 208 Å². The Hall–Kier alpha value is -1.28. The molecule has 0 aliphatic carbocycles. The summed E-state index contributed by atoms with van der Waals surface area (Å²) >= 11 is 0. The Balaban J connectivity index is 2.28. The first-order chi connectivity index (χ1) is 17.4. The Kier molecular flexibility index (Phi) is 10.1. The molecule has 38 heavy (non-hydrogen) atoms. The van der Waals surface area contributed by atoms with Crippen molar-refractivity contribution in [2.45, 2.75) is 63.2 Å². The van der Waals surface area contributed by atoms with Crippen LogP contribution in [-0.2, 0) is 18.3 Å². The third-order valence-electron chi connectivity index (χ3n) is 6.90.